The molecule has 0 aliphatic carbocycles. The van der Waals surface area contributed by atoms with Crippen LogP contribution in [0, 0.1) is 0 Å². The molecule has 1 amide bonds. The minimum absolute atomic E-state index is 0.230. The predicted octanol–water partition coefficient (Wildman–Crippen LogP) is 0.323. The molecule has 4 heteroatoms. The molecule has 1 aliphatic heterocycles. The number of aliphatic hydroxyl groups is 1. The second-order valence-electron chi connectivity index (χ2n) is 3.06. The third-order valence-electron chi connectivity index (χ3n) is 1.62. The number of carbonyl (C=O) groups is 1. The average Bonchev–Trinajstić information content (AvgIpc) is 2.04. The first kappa shape index (κ1) is 8.20. The average molecular weight is 156 g/mol. The maximum absolute atomic E-state index is 10.9. The van der Waals surface area contributed by atoms with Gasteiger partial charge in [-0.05, 0) is 13.8 Å². The van der Waals surface area contributed by atoms with Gasteiger partial charge in [-0.1, -0.05) is 0 Å². The number of amides is 1. The van der Waals surface area contributed by atoms with E-state index in [1.54, 1.807) is 13.8 Å². The Morgan fingerprint density at radius 2 is 2.36 bits per heavy atom. The number of hydrogen-bond acceptors (Lipinski definition) is 3. The summed E-state index contributed by atoms with van der Waals surface area (Å²) in [7, 11) is 0. The maximum Gasteiger partial charge on any atom is 0.242 e. The molecule has 62 valence electrons. The zero-order chi connectivity index (χ0) is 8.65. The monoisotopic (exact) mass is 156 g/mol. The fourth-order valence-corrected chi connectivity index (χ4v) is 1.28. The summed E-state index contributed by atoms with van der Waals surface area (Å²) in [4.78, 5) is 10.9. The first-order valence-corrected chi connectivity index (χ1v) is 3.51. The fraction of sp³-hybridized carbons (Fsp3) is 0.714. The lowest BCUT2D eigenvalue weighted by molar-refractivity contribution is -0.149. The highest BCUT2D eigenvalue weighted by atomic mass is 16.3. The molecular weight excluding hydrogens is 144 g/mol. The quantitative estimate of drug-likeness (QED) is 0.549. The molecule has 0 spiro atoms. The van der Waals surface area contributed by atoms with Crippen LogP contribution in [0.5, 0.6) is 0 Å². The number of hydrazone groups is 1. The Labute approximate surface area is 65.5 Å². The molecule has 0 aromatic rings. The highest BCUT2D eigenvalue weighted by Gasteiger charge is 2.36. The molecular formula is C7H12N2O2. The summed E-state index contributed by atoms with van der Waals surface area (Å²) in [5.74, 6) is -0.230. The minimum Gasteiger partial charge on any atom is -0.369 e. The molecule has 0 fully saturated rings. The van der Waals surface area contributed by atoms with Crippen molar-refractivity contribution in [3.05, 3.63) is 0 Å². The van der Waals surface area contributed by atoms with Crippen LogP contribution in [0.1, 0.15) is 27.2 Å². The van der Waals surface area contributed by atoms with E-state index in [4.69, 9.17) is 0 Å². The van der Waals surface area contributed by atoms with Crippen LogP contribution in [0.3, 0.4) is 0 Å². The third kappa shape index (κ3) is 1.40. The molecule has 11 heavy (non-hydrogen) atoms. The summed E-state index contributed by atoms with van der Waals surface area (Å²) < 4.78 is 0. The van der Waals surface area contributed by atoms with Gasteiger partial charge < -0.3 is 5.11 Å². The van der Waals surface area contributed by atoms with Crippen molar-refractivity contribution in [2.45, 2.75) is 32.9 Å². The normalized spacial score (nSPS) is 30.5. The Hall–Kier alpha value is -0.900. The van der Waals surface area contributed by atoms with E-state index in [9.17, 15) is 9.90 Å². The molecule has 0 saturated heterocycles. The van der Waals surface area contributed by atoms with Gasteiger partial charge in [0.15, 0.2) is 5.72 Å². The van der Waals surface area contributed by atoms with Crippen LogP contribution < -0.4 is 0 Å². The molecule has 1 aliphatic rings. The van der Waals surface area contributed by atoms with E-state index in [0.717, 1.165) is 10.7 Å². The molecule has 0 radical (unpaired) electrons. The Kier molecular flexibility index (Phi) is 1.72. The van der Waals surface area contributed by atoms with Crippen molar-refractivity contribution < 1.29 is 9.90 Å². The lowest BCUT2D eigenvalue weighted by Gasteiger charge is -2.25. The molecule has 0 aromatic carbocycles. The minimum atomic E-state index is -1.12. The second-order valence-corrected chi connectivity index (χ2v) is 3.06. The first-order valence-electron chi connectivity index (χ1n) is 3.51. The van der Waals surface area contributed by atoms with Crippen LogP contribution in [0.25, 0.3) is 0 Å². The zero-order valence-corrected chi connectivity index (χ0v) is 6.96. The summed E-state index contributed by atoms with van der Waals surface area (Å²) in [5.41, 5.74) is -0.333. The van der Waals surface area contributed by atoms with Crippen LogP contribution in [0.15, 0.2) is 5.10 Å². The van der Waals surface area contributed by atoms with Crippen molar-refractivity contribution >= 4 is 11.6 Å². The Morgan fingerprint density at radius 3 is 2.55 bits per heavy atom. The molecule has 4 nitrogen and oxygen atoms in total. The number of nitrogens with zero attached hydrogens (tertiary/aromatic N) is 2. The van der Waals surface area contributed by atoms with E-state index in [1.165, 1.54) is 6.92 Å². The largest absolute Gasteiger partial charge is 0.369 e. The van der Waals surface area contributed by atoms with Crippen molar-refractivity contribution in [3.8, 4) is 0 Å². The predicted molar refractivity (Wildman–Crippen MR) is 40.9 cm³/mol. The van der Waals surface area contributed by atoms with Gasteiger partial charge in [0.1, 0.15) is 0 Å². The van der Waals surface area contributed by atoms with E-state index < -0.39 is 5.72 Å². The molecule has 1 atom stereocenters. The topological polar surface area (TPSA) is 52.9 Å². The Balaban J connectivity index is 2.86. The molecule has 1 N–H and O–H groups in total. The molecule has 1 unspecified atom stereocenters. The SMILES string of the molecule is CC(=O)N1N=C(C)CC1(C)O. The molecule has 1 heterocycles. The fourth-order valence-electron chi connectivity index (χ4n) is 1.28. The maximum atomic E-state index is 10.9. The number of carbonyl (C=O) groups excluding carboxylic acids is 1. The van der Waals surface area contributed by atoms with Crippen LogP contribution in [0.4, 0.5) is 0 Å². The van der Waals surface area contributed by atoms with Gasteiger partial charge >= 0.3 is 0 Å². The summed E-state index contributed by atoms with van der Waals surface area (Å²) >= 11 is 0. The lowest BCUT2D eigenvalue weighted by Crippen LogP contribution is -2.42. The molecule has 0 bridgehead atoms. The van der Waals surface area contributed by atoms with Crippen molar-refractivity contribution in [1.82, 2.24) is 5.01 Å². The van der Waals surface area contributed by atoms with Gasteiger partial charge in [-0.3, -0.25) is 4.79 Å². The summed E-state index contributed by atoms with van der Waals surface area (Å²) in [5, 5.41) is 14.6. The van der Waals surface area contributed by atoms with Gasteiger partial charge in [0.2, 0.25) is 5.91 Å². The van der Waals surface area contributed by atoms with Crippen molar-refractivity contribution in [3.63, 3.8) is 0 Å². The smallest absolute Gasteiger partial charge is 0.242 e. The van der Waals surface area contributed by atoms with E-state index in [0.29, 0.717) is 6.42 Å². The second kappa shape index (κ2) is 2.30. The van der Waals surface area contributed by atoms with Crippen LogP contribution in [0.2, 0.25) is 0 Å². The van der Waals surface area contributed by atoms with Crippen LogP contribution >= 0.6 is 0 Å². The number of hydrogen-bond donors (Lipinski definition) is 1. The molecule has 1 rings (SSSR count). The van der Waals surface area contributed by atoms with Gasteiger partial charge in [-0.2, -0.15) is 5.10 Å². The lowest BCUT2D eigenvalue weighted by atomic mass is 10.1. The molecule has 0 saturated carbocycles. The van der Waals surface area contributed by atoms with E-state index in [2.05, 4.69) is 5.10 Å². The summed E-state index contributed by atoms with van der Waals surface area (Å²) in [6, 6.07) is 0. The van der Waals surface area contributed by atoms with Crippen LogP contribution in [-0.4, -0.2) is 27.5 Å². The van der Waals surface area contributed by atoms with E-state index >= 15 is 0 Å². The summed E-state index contributed by atoms with van der Waals surface area (Å²) in [6.07, 6.45) is 0.437. The highest BCUT2D eigenvalue weighted by molar-refractivity contribution is 5.88. The van der Waals surface area contributed by atoms with Gasteiger partial charge in [0.25, 0.3) is 0 Å². The number of rotatable bonds is 0. The Morgan fingerprint density at radius 1 is 1.82 bits per heavy atom. The zero-order valence-electron chi connectivity index (χ0n) is 6.96. The molecule has 0 aromatic heterocycles. The van der Waals surface area contributed by atoms with Crippen LogP contribution in [-0.2, 0) is 4.79 Å². The van der Waals surface area contributed by atoms with Gasteiger partial charge in [0, 0.05) is 19.1 Å². The highest BCUT2D eigenvalue weighted by Crippen LogP contribution is 2.23. The van der Waals surface area contributed by atoms with Crippen molar-refractivity contribution in [2.75, 3.05) is 0 Å². The Bertz CT molecular complexity index is 220. The standard InChI is InChI=1S/C7H12N2O2/c1-5-4-7(3,11)9(8-5)6(2)10/h11H,4H2,1-3H3. The third-order valence-corrected chi connectivity index (χ3v) is 1.62. The van der Waals surface area contributed by atoms with Crippen molar-refractivity contribution in [2.24, 2.45) is 5.10 Å². The van der Waals surface area contributed by atoms with E-state index in [-0.39, 0.29) is 5.91 Å². The van der Waals surface area contributed by atoms with E-state index in [1.807, 2.05) is 0 Å². The van der Waals surface area contributed by atoms with Gasteiger partial charge in [-0.15, -0.1) is 0 Å². The summed E-state index contributed by atoms with van der Waals surface area (Å²) in [6.45, 7) is 4.75. The van der Waals surface area contributed by atoms with Gasteiger partial charge in [-0.25, -0.2) is 5.01 Å². The first-order chi connectivity index (χ1) is 4.93. The van der Waals surface area contributed by atoms with Gasteiger partial charge in [0.05, 0.1) is 0 Å². The van der Waals surface area contributed by atoms with Crippen molar-refractivity contribution in [1.29, 1.82) is 0 Å².